The Balaban J connectivity index is 0.00000314. The molecular weight excluding hydrogens is 792 g/mol. The van der Waals surface area contributed by atoms with Gasteiger partial charge < -0.3 is 14.0 Å². The first-order chi connectivity index (χ1) is 23.0. The summed E-state index contributed by atoms with van der Waals surface area (Å²) < 4.78 is 11.2. The van der Waals surface area contributed by atoms with E-state index in [-0.39, 0.29) is 26.5 Å². The monoisotopic (exact) mass is 817 g/mol. The van der Waals surface area contributed by atoms with Gasteiger partial charge in [0.2, 0.25) is 0 Å². The van der Waals surface area contributed by atoms with Gasteiger partial charge in [0.25, 0.3) is 0 Å². The Morgan fingerprint density at radius 3 is 2.44 bits per heavy atom. The van der Waals surface area contributed by atoms with Crippen molar-refractivity contribution in [2.24, 2.45) is 0 Å². The number of fused-ring (bicyclic) bond motifs is 11. The molecule has 0 bridgehead atoms. The first kappa shape index (κ1) is 29.1. The second kappa shape index (κ2) is 10.7. The van der Waals surface area contributed by atoms with E-state index in [2.05, 4.69) is 119 Å². The van der Waals surface area contributed by atoms with Gasteiger partial charge in [0.05, 0.1) is 11.3 Å². The molecule has 0 amide bonds. The number of thiophene rings is 1. The predicted molar refractivity (Wildman–Crippen MR) is 192 cm³/mol. The SMILES string of the molecule is CC1(C)c2cc3sc4ccccc4c3cc2N(c2[c-]c(Oc3[c-]c4c(cc3)c3ccccc3n3ccnc43)ccc2)c2ncccc21.[Pt+2]. The summed E-state index contributed by atoms with van der Waals surface area (Å²) in [5.41, 5.74) is 6.13. The van der Waals surface area contributed by atoms with Crippen LogP contribution in [0, 0.1) is 12.1 Å². The molecule has 0 saturated heterocycles. The first-order valence-electron chi connectivity index (χ1n) is 15.7. The largest absolute Gasteiger partial charge is 2.00 e. The zero-order valence-electron chi connectivity index (χ0n) is 26.0. The summed E-state index contributed by atoms with van der Waals surface area (Å²) >= 11 is 1.85. The average molecular weight is 818 g/mol. The topological polar surface area (TPSA) is 42.7 Å². The molecule has 5 nitrogen and oxygen atoms in total. The third kappa shape index (κ3) is 4.19. The van der Waals surface area contributed by atoms with Crippen LogP contribution in [0.3, 0.4) is 0 Å². The van der Waals surface area contributed by atoms with Crippen LogP contribution in [0.1, 0.15) is 25.0 Å². The van der Waals surface area contributed by atoms with Crippen LogP contribution in [0.25, 0.3) is 47.5 Å². The number of hydrogen-bond acceptors (Lipinski definition) is 5. The molecule has 5 aromatic carbocycles. The van der Waals surface area contributed by atoms with Crippen molar-refractivity contribution in [1.82, 2.24) is 14.4 Å². The molecule has 10 rings (SSSR count). The van der Waals surface area contributed by atoms with E-state index in [0.29, 0.717) is 11.5 Å². The molecule has 0 aliphatic carbocycles. The molecule has 0 N–H and O–H groups in total. The molecule has 232 valence electrons. The second-order valence-corrected chi connectivity index (χ2v) is 13.6. The molecule has 1 aliphatic rings. The van der Waals surface area contributed by atoms with Gasteiger partial charge in [-0.3, -0.25) is 4.98 Å². The van der Waals surface area contributed by atoms with Crippen LogP contribution < -0.4 is 9.64 Å². The summed E-state index contributed by atoms with van der Waals surface area (Å²) in [6.07, 6.45) is 5.69. The number of para-hydroxylation sites is 1. The van der Waals surface area contributed by atoms with Crippen LogP contribution in [0.15, 0.2) is 122 Å². The first-order valence-corrected chi connectivity index (χ1v) is 16.5. The predicted octanol–water partition coefficient (Wildman–Crippen LogP) is 10.9. The maximum atomic E-state index is 6.49. The number of imidazole rings is 1. The minimum atomic E-state index is -0.240. The van der Waals surface area contributed by atoms with E-state index in [4.69, 9.17) is 9.72 Å². The van der Waals surface area contributed by atoms with Gasteiger partial charge in [0.15, 0.2) is 0 Å². The molecule has 4 aromatic heterocycles. The Morgan fingerprint density at radius 1 is 0.688 bits per heavy atom. The molecule has 0 unspecified atom stereocenters. The number of aromatic nitrogens is 3. The molecule has 48 heavy (non-hydrogen) atoms. The van der Waals surface area contributed by atoms with Crippen molar-refractivity contribution in [1.29, 1.82) is 0 Å². The van der Waals surface area contributed by atoms with Crippen molar-refractivity contribution in [3.8, 4) is 11.5 Å². The zero-order chi connectivity index (χ0) is 31.3. The molecule has 0 atom stereocenters. The fourth-order valence-corrected chi connectivity index (χ4v) is 8.41. The van der Waals surface area contributed by atoms with E-state index in [0.717, 1.165) is 44.5 Å². The molecular formula is C41H26N4OPtS. The fraction of sp³-hybridized carbons (Fsp3) is 0.0732. The second-order valence-electron chi connectivity index (χ2n) is 12.6. The van der Waals surface area contributed by atoms with E-state index < -0.39 is 0 Å². The summed E-state index contributed by atoms with van der Waals surface area (Å²) in [4.78, 5) is 11.9. The van der Waals surface area contributed by atoms with E-state index in [1.165, 1.54) is 31.3 Å². The Kier molecular flexibility index (Phi) is 6.52. The summed E-state index contributed by atoms with van der Waals surface area (Å²) in [7, 11) is 0. The Bertz CT molecular complexity index is 2730. The maximum absolute atomic E-state index is 6.49. The van der Waals surface area contributed by atoms with E-state index in [9.17, 15) is 0 Å². The minimum Gasteiger partial charge on any atom is -0.503 e. The average Bonchev–Trinajstić information content (AvgIpc) is 3.74. The standard InChI is InChI=1S/C41H26N4OS.Pt/c1-41(2)33-13-8-18-42-40(33)45(36-23-31-30-12-4-6-15-37(30)47-38(31)24-34(36)41)25-9-7-10-26(21-25)46-27-16-17-28-29-11-3-5-14-35(29)44-20-19-43-39(44)32(28)22-27;/h3-20,23-24H,1-2H3;/q-2;+2. The third-order valence-corrected chi connectivity index (χ3v) is 10.7. The molecule has 1 aliphatic heterocycles. The number of benzene rings is 5. The van der Waals surface area contributed by atoms with Gasteiger partial charge in [-0.05, 0) is 41.3 Å². The molecule has 7 heteroatoms. The normalized spacial score (nSPS) is 13.6. The summed E-state index contributed by atoms with van der Waals surface area (Å²) in [5.74, 6) is 2.11. The Morgan fingerprint density at radius 2 is 1.52 bits per heavy atom. The van der Waals surface area contributed by atoms with Crippen LogP contribution in [-0.2, 0) is 26.5 Å². The molecule has 9 aromatic rings. The number of nitrogens with zero attached hydrogens (tertiary/aromatic N) is 4. The van der Waals surface area contributed by atoms with Gasteiger partial charge in [-0.2, -0.15) is 6.07 Å². The molecule has 0 saturated carbocycles. The minimum absolute atomic E-state index is 0. The van der Waals surface area contributed by atoms with Gasteiger partial charge >= 0.3 is 21.1 Å². The van der Waals surface area contributed by atoms with Gasteiger partial charge in [-0.25, -0.2) is 4.98 Å². The Hall–Kier alpha value is -5.03. The summed E-state index contributed by atoms with van der Waals surface area (Å²) in [5, 5.41) is 5.67. The van der Waals surface area contributed by atoms with Crippen LogP contribution in [0.5, 0.6) is 11.5 Å². The number of anilines is 3. The number of rotatable bonds is 3. The van der Waals surface area contributed by atoms with Crippen molar-refractivity contribution in [3.05, 3.63) is 145 Å². The van der Waals surface area contributed by atoms with Crippen molar-refractivity contribution in [2.75, 3.05) is 4.90 Å². The van der Waals surface area contributed by atoms with Gasteiger partial charge in [0.1, 0.15) is 5.82 Å². The van der Waals surface area contributed by atoms with Crippen molar-refractivity contribution >= 4 is 76.0 Å². The zero-order valence-corrected chi connectivity index (χ0v) is 29.1. The van der Waals surface area contributed by atoms with Gasteiger partial charge in [0, 0.05) is 66.8 Å². The van der Waals surface area contributed by atoms with Crippen LogP contribution >= 0.6 is 11.3 Å². The van der Waals surface area contributed by atoms with Crippen LogP contribution in [0.2, 0.25) is 0 Å². The van der Waals surface area contributed by atoms with Gasteiger partial charge in [-0.1, -0.05) is 78.8 Å². The summed E-state index contributed by atoms with van der Waals surface area (Å²) in [6.45, 7) is 4.59. The quantitative estimate of drug-likeness (QED) is 0.132. The molecule has 0 radical (unpaired) electrons. The van der Waals surface area contributed by atoms with Crippen molar-refractivity contribution in [2.45, 2.75) is 19.3 Å². The Labute approximate surface area is 295 Å². The fourth-order valence-electron chi connectivity index (χ4n) is 7.29. The smallest absolute Gasteiger partial charge is 0.503 e. The molecule has 0 fully saturated rings. The van der Waals surface area contributed by atoms with Crippen LogP contribution in [0.4, 0.5) is 17.2 Å². The summed E-state index contributed by atoms with van der Waals surface area (Å²) in [6, 6.07) is 43.2. The van der Waals surface area contributed by atoms with Crippen molar-refractivity contribution in [3.63, 3.8) is 0 Å². The number of pyridine rings is 2. The van der Waals surface area contributed by atoms with Crippen LogP contribution in [-0.4, -0.2) is 14.4 Å². The molecule has 5 heterocycles. The van der Waals surface area contributed by atoms with Gasteiger partial charge in [-0.15, -0.1) is 41.7 Å². The van der Waals surface area contributed by atoms with Crippen molar-refractivity contribution < 1.29 is 25.8 Å². The molecule has 0 spiro atoms. The number of ether oxygens (including phenoxy) is 1. The van der Waals surface area contributed by atoms with E-state index in [1.807, 2.05) is 54.2 Å². The maximum Gasteiger partial charge on any atom is 2.00 e. The van der Waals surface area contributed by atoms with E-state index >= 15 is 0 Å². The van der Waals surface area contributed by atoms with E-state index in [1.54, 1.807) is 0 Å². The number of hydrogen-bond donors (Lipinski definition) is 0. The third-order valence-electron chi connectivity index (χ3n) is 9.53.